The van der Waals surface area contributed by atoms with E-state index in [2.05, 4.69) is 25.1 Å². The fourth-order valence-corrected chi connectivity index (χ4v) is 3.41. The second kappa shape index (κ2) is 3.19. The molecule has 0 saturated heterocycles. The summed E-state index contributed by atoms with van der Waals surface area (Å²) in [5, 5.41) is 1.24. The summed E-state index contributed by atoms with van der Waals surface area (Å²) in [6.07, 6.45) is 0.909. The van der Waals surface area contributed by atoms with Crippen molar-refractivity contribution in [2.45, 2.75) is 6.92 Å². The summed E-state index contributed by atoms with van der Waals surface area (Å²) in [6, 6.07) is 8.41. The van der Waals surface area contributed by atoms with Gasteiger partial charge in [0.2, 0.25) is 0 Å². The normalized spacial score (nSPS) is 11.4. The Morgan fingerprint density at radius 2 is 2.06 bits per heavy atom. The molecule has 0 bridgehead atoms. The van der Waals surface area contributed by atoms with Crippen LogP contribution >= 0.6 is 11.3 Å². The van der Waals surface area contributed by atoms with E-state index in [0.717, 1.165) is 12.0 Å². The summed E-state index contributed by atoms with van der Waals surface area (Å²) in [4.78, 5) is 10.9. The maximum atomic E-state index is 10.9. The highest BCUT2D eigenvalue weighted by atomic mass is 32.1. The molecule has 0 N–H and O–H groups in total. The van der Waals surface area contributed by atoms with E-state index in [0.29, 0.717) is 0 Å². The summed E-state index contributed by atoms with van der Waals surface area (Å²) < 4.78 is 4.44. The Labute approximate surface area is 97.1 Å². The highest BCUT2D eigenvalue weighted by Crippen LogP contribution is 2.35. The van der Waals surface area contributed by atoms with Crippen molar-refractivity contribution in [3.05, 3.63) is 35.5 Å². The van der Waals surface area contributed by atoms with Gasteiger partial charge in [0, 0.05) is 17.1 Å². The van der Waals surface area contributed by atoms with Crippen molar-refractivity contribution in [2.75, 3.05) is 0 Å². The molecule has 2 nitrogen and oxygen atoms in total. The van der Waals surface area contributed by atoms with Crippen molar-refractivity contribution >= 4 is 37.9 Å². The maximum absolute atomic E-state index is 10.9. The number of carbonyl (C=O) groups excluding carboxylic acids is 1. The van der Waals surface area contributed by atoms with E-state index in [1.165, 1.54) is 25.9 Å². The van der Waals surface area contributed by atoms with Crippen LogP contribution in [0.2, 0.25) is 0 Å². The fraction of sp³-hybridized carbons (Fsp3) is 0.154. The van der Waals surface area contributed by atoms with Crippen LogP contribution in [0.3, 0.4) is 0 Å². The Morgan fingerprint density at radius 1 is 1.25 bits per heavy atom. The maximum Gasteiger partial charge on any atom is 0.166 e. The van der Waals surface area contributed by atoms with Gasteiger partial charge in [0.05, 0.1) is 15.9 Å². The van der Waals surface area contributed by atoms with Crippen LogP contribution in [0.4, 0.5) is 0 Å². The van der Waals surface area contributed by atoms with Gasteiger partial charge in [0.1, 0.15) is 0 Å². The second-order valence-corrected chi connectivity index (χ2v) is 5.14. The number of aromatic nitrogens is 1. The van der Waals surface area contributed by atoms with Crippen LogP contribution in [0.5, 0.6) is 0 Å². The van der Waals surface area contributed by atoms with Gasteiger partial charge >= 0.3 is 0 Å². The lowest BCUT2D eigenvalue weighted by Gasteiger charge is -1.98. The van der Waals surface area contributed by atoms with Crippen LogP contribution in [0.15, 0.2) is 24.3 Å². The molecule has 2 aromatic heterocycles. The SMILES string of the molecule is Cc1ccc2c(c1)sc1cc(C=O)n(C)c12. The summed E-state index contributed by atoms with van der Waals surface area (Å²) in [6.45, 7) is 2.10. The molecule has 3 heteroatoms. The fourth-order valence-electron chi connectivity index (χ4n) is 2.13. The van der Waals surface area contributed by atoms with Crippen molar-refractivity contribution in [2.24, 2.45) is 7.05 Å². The molecule has 0 saturated carbocycles. The molecule has 80 valence electrons. The molecular formula is C13H11NOS. The van der Waals surface area contributed by atoms with Gasteiger partial charge in [0.15, 0.2) is 6.29 Å². The number of benzene rings is 1. The second-order valence-electron chi connectivity index (χ2n) is 4.06. The molecular weight excluding hydrogens is 218 g/mol. The third kappa shape index (κ3) is 1.15. The number of fused-ring (bicyclic) bond motifs is 3. The van der Waals surface area contributed by atoms with E-state index in [-0.39, 0.29) is 0 Å². The lowest BCUT2D eigenvalue weighted by Crippen LogP contribution is -1.93. The third-order valence-corrected chi connectivity index (χ3v) is 4.06. The molecule has 16 heavy (non-hydrogen) atoms. The van der Waals surface area contributed by atoms with E-state index < -0.39 is 0 Å². The highest BCUT2D eigenvalue weighted by Gasteiger charge is 2.11. The zero-order chi connectivity index (χ0) is 11.3. The number of carbonyl (C=O) groups is 1. The minimum Gasteiger partial charge on any atom is -0.340 e. The molecule has 0 aliphatic heterocycles. The summed E-state index contributed by atoms with van der Waals surface area (Å²) >= 11 is 1.75. The highest BCUT2D eigenvalue weighted by molar-refractivity contribution is 7.25. The predicted molar refractivity (Wildman–Crippen MR) is 68.4 cm³/mol. The number of thiophene rings is 1. The average molecular weight is 229 g/mol. The van der Waals surface area contributed by atoms with Crippen molar-refractivity contribution < 1.29 is 4.79 Å². The van der Waals surface area contributed by atoms with Crippen molar-refractivity contribution in [3.63, 3.8) is 0 Å². The minimum atomic E-state index is 0.740. The third-order valence-electron chi connectivity index (χ3n) is 2.97. The van der Waals surface area contributed by atoms with E-state index in [9.17, 15) is 4.79 Å². The standard InChI is InChI=1S/C13H11NOS/c1-8-3-4-10-11(5-8)16-12-6-9(7-15)14(2)13(10)12/h3-7H,1-2H3. The van der Waals surface area contributed by atoms with Crippen molar-refractivity contribution in [3.8, 4) is 0 Å². The van der Waals surface area contributed by atoms with Gasteiger partial charge in [-0.25, -0.2) is 0 Å². The number of nitrogens with zero attached hydrogens (tertiary/aromatic N) is 1. The Hall–Kier alpha value is -1.61. The average Bonchev–Trinajstić information content (AvgIpc) is 2.75. The predicted octanol–water partition coefficient (Wildman–Crippen LogP) is 3.51. The van der Waals surface area contributed by atoms with Gasteiger partial charge < -0.3 is 4.57 Å². The van der Waals surface area contributed by atoms with Gasteiger partial charge in [-0.15, -0.1) is 11.3 Å². The molecule has 0 unspecified atom stereocenters. The lowest BCUT2D eigenvalue weighted by molar-refractivity contribution is 0.111. The van der Waals surface area contributed by atoms with E-state index in [1.54, 1.807) is 11.3 Å². The van der Waals surface area contributed by atoms with Crippen LogP contribution in [0.1, 0.15) is 16.1 Å². The van der Waals surface area contributed by atoms with Gasteiger partial charge in [-0.3, -0.25) is 4.79 Å². The lowest BCUT2D eigenvalue weighted by atomic mass is 10.2. The summed E-state index contributed by atoms with van der Waals surface area (Å²) in [5.74, 6) is 0. The first kappa shape index (κ1) is 9.60. The number of aryl methyl sites for hydroxylation is 2. The largest absolute Gasteiger partial charge is 0.340 e. The van der Waals surface area contributed by atoms with Crippen molar-refractivity contribution in [1.82, 2.24) is 4.57 Å². The topological polar surface area (TPSA) is 22.0 Å². The number of aldehydes is 1. The van der Waals surface area contributed by atoms with Crippen molar-refractivity contribution in [1.29, 1.82) is 0 Å². The molecule has 0 fully saturated rings. The zero-order valence-corrected chi connectivity index (χ0v) is 9.97. The number of hydrogen-bond acceptors (Lipinski definition) is 2. The molecule has 1 aromatic carbocycles. The van der Waals surface area contributed by atoms with Crippen LogP contribution < -0.4 is 0 Å². The molecule has 0 aliphatic rings. The molecule has 0 amide bonds. The van der Waals surface area contributed by atoms with Crippen LogP contribution in [0, 0.1) is 6.92 Å². The number of rotatable bonds is 1. The van der Waals surface area contributed by atoms with Crippen LogP contribution in [0.25, 0.3) is 20.3 Å². The summed E-state index contributed by atoms with van der Waals surface area (Å²) in [5.41, 5.74) is 3.18. The molecule has 3 rings (SSSR count). The van der Waals surface area contributed by atoms with E-state index in [1.807, 2.05) is 17.7 Å². The molecule has 0 spiro atoms. The van der Waals surface area contributed by atoms with E-state index >= 15 is 0 Å². The van der Waals surface area contributed by atoms with Gasteiger partial charge in [0.25, 0.3) is 0 Å². The molecule has 0 radical (unpaired) electrons. The molecule has 2 heterocycles. The first-order chi connectivity index (χ1) is 7.70. The number of hydrogen-bond donors (Lipinski definition) is 0. The van der Waals surface area contributed by atoms with Gasteiger partial charge in [-0.2, -0.15) is 0 Å². The first-order valence-corrected chi connectivity index (χ1v) is 5.96. The van der Waals surface area contributed by atoms with Gasteiger partial charge in [-0.05, 0) is 24.6 Å². The smallest absolute Gasteiger partial charge is 0.166 e. The Bertz CT molecular complexity index is 705. The Balaban J connectivity index is 2.51. The van der Waals surface area contributed by atoms with Gasteiger partial charge in [-0.1, -0.05) is 12.1 Å². The van der Waals surface area contributed by atoms with Crippen LogP contribution in [-0.4, -0.2) is 10.9 Å². The molecule has 0 aliphatic carbocycles. The Kier molecular flexibility index (Phi) is 1.91. The molecule has 0 atom stereocenters. The Morgan fingerprint density at radius 3 is 2.81 bits per heavy atom. The molecule has 3 aromatic rings. The van der Waals surface area contributed by atoms with Crippen LogP contribution in [-0.2, 0) is 7.05 Å². The monoisotopic (exact) mass is 229 g/mol. The summed E-state index contributed by atoms with van der Waals surface area (Å²) in [7, 11) is 1.94. The minimum absolute atomic E-state index is 0.740. The van der Waals surface area contributed by atoms with E-state index in [4.69, 9.17) is 0 Å². The first-order valence-electron chi connectivity index (χ1n) is 5.14. The quantitative estimate of drug-likeness (QED) is 0.585. The zero-order valence-electron chi connectivity index (χ0n) is 9.15.